The molecule has 0 bridgehead atoms. The molecule has 3 rings (SSSR count). The van der Waals surface area contributed by atoms with Crippen LogP contribution in [0.2, 0.25) is 0 Å². The van der Waals surface area contributed by atoms with Gasteiger partial charge < -0.3 is 10.1 Å². The van der Waals surface area contributed by atoms with Gasteiger partial charge in [0.25, 0.3) is 0 Å². The predicted molar refractivity (Wildman–Crippen MR) is 82.7 cm³/mol. The van der Waals surface area contributed by atoms with Crippen LogP contribution in [0.4, 0.5) is 0 Å². The number of rotatable bonds is 4. The zero-order valence-corrected chi connectivity index (χ0v) is 12.8. The Morgan fingerprint density at radius 3 is 3.05 bits per heavy atom. The maximum absolute atomic E-state index is 5.75. The van der Waals surface area contributed by atoms with Crippen molar-refractivity contribution in [2.45, 2.75) is 32.2 Å². The third-order valence-corrected chi connectivity index (χ3v) is 4.93. The number of fused-ring (bicyclic) bond motifs is 1. The second kappa shape index (κ2) is 5.94. The Kier molecular flexibility index (Phi) is 4.03. The number of thiazole rings is 1. The molecular weight excluding hydrogens is 268 g/mol. The highest BCUT2D eigenvalue weighted by atomic mass is 32.1. The molecule has 3 nitrogen and oxygen atoms in total. The third-order valence-electron chi connectivity index (χ3n) is 3.72. The van der Waals surface area contributed by atoms with E-state index in [0.29, 0.717) is 5.92 Å². The Hall–Kier alpha value is -1.39. The number of para-hydroxylation sites is 1. The minimum atomic E-state index is 0.390. The second-order valence-electron chi connectivity index (χ2n) is 5.03. The minimum Gasteiger partial charge on any atom is -0.493 e. The molecule has 1 atom stereocenters. The third kappa shape index (κ3) is 2.45. The van der Waals surface area contributed by atoms with Crippen molar-refractivity contribution in [2.75, 3.05) is 13.7 Å². The van der Waals surface area contributed by atoms with Crippen molar-refractivity contribution in [3.8, 4) is 5.75 Å². The van der Waals surface area contributed by atoms with Gasteiger partial charge in [-0.1, -0.05) is 25.1 Å². The molecule has 1 unspecified atom stereocenters. The van der Waals surface area contributed by atoms with E-state index in [1.54, 1.807) is 0 Å². The molecule has 106 valence electrons. The summed E-state index contributed by atoms with van der Waals surface area (Å²) in [5.41, 5.74) is 2.52. The summed E-state index contributed by atoms with van der Waals surface area (Å²) >= 11 is 1.85. The standard InChI is InChI=1S/C16H20N2OS/c1-3-13-15(10-17-2)20-16(18-13)12-8-9-19-14-7-5-4-6-11(12)14/h4-7,12,17H,3,8-10H2,1-2H3. The molecule has 0 aliphatic carbocycles. The number of aromatic nitrogens is 1. The summed E-state index contributed by atoms with van der Waals surface area (Å²) in [6.45, 7) is 3.87. The van der Waals surface area contributed by atoms with Crippen LogP contribution < -0.4 is 10.1 Å². The maximum Gasteiger partial charge on any atom is 0.123 e. The quantitative estimate of drug-likeness (QED) is 0.937. The molecule has 1 aliphatic rings. The van der Waals surface area contributed by atoms with Crippen LogP contribution in [-0.4, -0.2) is 18.6 Å². The number of ether oxygens (including phenoxy) is 1. The Morgan fingerprint density at radius 2 is 2.25 bits per heavy atom. The highest BCUT2D eigenvalue weighted by Crippen LogP contribution is 2.40. The molecule has 0 radical (unpaired) electrons. The molecule has 0 fully saturated rings. The van der Waals surface area contributed by atoms with Crippen LogP contribution >= 0.6 is 11.3 Å². The normalized spacial score (nSPS) is 17.6. The van der Waals surface area contributed by atoms with Gasteiger partial charge in [-0.3, -0.25) is 0 Å². The SMILES string of the molecule is CCc1nc(C2CCOc3ccccc32)sc1CNC. The molecular formula is C16H20N2OS. The number of aryl methyl sites for hydroxylation is 1. The summed E-state index contributed by atoms with van der Waals surface area (Å²) < 4.78 is 5.75. The highest BCUT2D eigenvalue weighted by molar-refractivity contribution is 7.11. The molecule has 4 heteroatoms. The summed E-state index contributed by atoms with van der Waals surface area (Å²) in [4.78, 5) is 6.26. The van der Waals surface area contributed by atoms with Crippen molar-refractivity contribution >= 4 is 11.3 Å². The summed E-state index contributed by atoms with van der Waals surface area (Å²) in [6, 6.07) is 8.35. The van der Waals surface area contributed by atoms with E-state index < -0.39 is 0 Å². The molecule has 1 N–H and O–H groups in total. The first-order valence-corrected chi connectivity index (χ1v) is 8.00. The molecule has 0 saturated heterocycles. The second-order valence-corrected chi connectivity index (χ2v) is 6.15. The van der Waals surface area contributed by atoms with Gasteiger partial charge in [-0.25, -0.2) is 4.98 Å². The van der Waals surface area contributed by atoms with E-state index >= 15 is 0 Å². The van der Waals surface area contributed by atoms with Crippen LogP contribution in [0, 0.1) is 0 Å². The van der Waals surface area contributed by atoms with E-state index in [1.807, 2.05) is 24.5 Å². The Morgan fingerprint density at radius 1 is 1.40 bits per heavy atom. The average Bonchev–Trinajstić information content (AvgIpc) is 2.90. The molecule has 0 spiro atoms. The lowest BCUT2D eigenvalue weighted by molar-refractivity contribution is 0.277. The van der Waals surface area contributed by atoms with E-state index in [4.69, 9.17) is 9.72 Å². The first-order valence-electron chi connectivity index (χ1n) is 7.18. The summed E-state index contributed by atoms with van der Waals surface area (Å²) in [5.74, 6) is 1.41. The van der Waals surface area contributed by atoms with Gasteiger partial charge in [-0.05, 0) is 26.0 Å². The van der Waals surface area contributed by atoms with Gasteiger partial charge in [0.15, 0.2) is 0 Å². The van der Waals surface area contributed by atoms with Gasteiger partial charge in [0.2, 0.25) is 0 Å². The van der Waals surface area contributed by atoms with Crippen molar-refractivity contribution < 1.29 is 4.74 Å². The maximum atomic E-state index is 5.75. The first kappa shape index (κ1) is 13.6. The Balaban J connectivity index is 1.98. The lowest BCUT2D eigenvalue weighted by Crippen LogP contribution is -2.14. The van der Waals surface area contributed by atoms with Crippen molar-refractivity contribution in [3.05, 3.63) is 45.4 Å². The fourth-order valence-corrected chi connectivity index (χ4v) is 4.05. The van der Waals surface area contributed by atoms with E-state index in [9.17, 15) is 0 Å². The van der Waals surface area contributed by atoms with Crippen LogP contribution in [0.5, 0.6) is 5.75 Å². The van der Waals surface area contributed by atoms with Crippen LogP contribution in [0.3, 0.4) is 0 Å². The topological polar surface area (TPSA) is 34.1 Å². The van der Waals surface area contributed by atoms with Crippen LogP contribution in [0.15, 0.2) is 24.3 Å². The predicted octanol–water partition coefficient (Wildman–Crippen LogP) is 3.34. The molecule has 0 amide bonds. The fourth-order valence-electron chi connectivity index (χ4n) is 2.73. The number of benzene rings is 1. The number of nitrogens with zero attached hydrogens (tertiary/aromatic N) is 1. The molecule has 1 aromatic carbocycles. The van der Waals surface area contributed by atoms with E-state index in [-0.39, 0.29) is 0 Å². The van der Waals surface area contributed by atoms with Gasteiger partial charge >= 0.3 is 0 Å². The lowest BCUT2D eigenvalue weighted by Gasteiger charge is -2.24. The van der Waals surface area contributed by atoms with Gasteiger partial charge in [0.05, 0.1) is 12.3 Å². The van der Waals surface area contributed by atoms with Gasteiger partial charge in [-0.2, -0.15) is 0 Å². The van der Waals surface area contributed by atoms with E-state index in [1.165, 1.54) is 21.1 Å². The largest absolute Gasteiger partial charge is 0.493 e. The highest BCUT2D eigenvalue weighted by Gasteiger charge is 2.26. The van der Waals surface area contributed by atoms with Gasteiger partial charge in [0.1, 0.15) is 10.8 Å². The van der Waals surface area contributed by atoms with Gasteiger partial charge in [0, 0.05) is 22.9 Å². The zero-order chi connectivity index (χ0) is 13.9. The lowest BCUT2D eigenvalue weighted by atomic mass is 9.94. The molecule has 20 heavy (non-hydrogen) atoms. The fraction of sp³-hybridized carbons (Fsp3) is 0.438. The van der Waals surface area contributed by atoms with E-state index in [2.05, 4.69) is 30.4 Å². The first-order chi connectivity index (χ1) is 9.83. The van der Waals surface area contributed by atoms with Crippen LogP contribution in [0.25, 0.3) is 0 Å². The Labute approximate surface area is 124 Å². The number of nitrogens with one attached hydrogen (secondary N) is 1. The Bertz CT molecular complexity index is 594. The molecule has 1 aromatic heterocycles. The minimum absolute atomic E-state index is 0.390. The van der Waals surface area contributed by atoms with Gasteiger partial charge in [-0.15, -0.1) is 11.3 Å². The van der Waals surface area contributed by atoms with Crippen LogP contribution in [0.1, 0.15) is 40.4 Å². The van der Waals surface area contributed by atoms with E-state index in [0.717, 1.165) is 31.7 Å². The monoisotopic (exact) mass is 288 g/mol. The van der Waals surface area contributed by atoms with Crippen molar-refractivity contribution in [1.82, 2.24) is 10.3 Å². The van der Waals surface area contributed by atoms with Crippen molar-refractivity contribution in [3.63, 3.8) is 0 Å². The summed E-state index contributed by atoms with van der Waals surface area (Å²) in [7, 11) is 1.99. The number of hydrogen-bond donors (Lipinski definition) is 1. The molecule has 2 aromatic rings. The molecule has 0 saturated carbocycles. The summed E-state index contributed by atoms with van der Waals surface area (Å²) in [6.07, 6.45) is 2.02. The molecule has 1 aliphatic heterocycles. The zero-order valence-electron chi connectivity index (χ0n) is 12.0. The molecule has 2 heterocycles. The van der Waals surface area contributed by atoms with Crippen LogP contribution in [-0.2, 0) is 13.0 Å². The summed E-state index contributed by atoms with van der Waals surface area (Å²) in [5, 5.41) is 4.48. The van der Waals surface area contributed by atoms with Crippen molar-refractivity contribution in [2.24, 2.45) is 0 Å². The smallest absolute Gasteiger partial charge is 0.123 e. The van der Waals surface area contributed by atoms with Crippen molar-refractivity contribution in [1.29, 1.82) is 0 Å². The number of hydrogen-bond acceptors (Lipinski definition) is 4. The average molecular weight is 288 g/mol.